The fourth-order valence-corrected chi connectivity index (χ4v) is 1.82. The molecule has 0 saturated carbocycles. The van der Waals surface area contributed by atoms with Crippen LogP contribution in [-0.2, 0) is 4.79 Å². The van der Waals surface area contributed by atoms with E-state index in [0.717, 1.165) is 11.4 Å². The number of hydrogen-bond acceptors (Lipinski definition) is 2. The average Bonchev–Trinajstić information content (AvgIpc) is 2.40. The van der Waals surface area contributed by atoms with Gasteiger partial charge in [0.1, 0.15) is 0 Å². The maximum Gasteiger partial charge on any atom is 0.226 e. The van der Waals surface area contributed by atoms with Gasteiger partial charge < -0.3 is 10.6 Å². The second kappa shape index (κ2) is 6.59. The second-order valence-electron chi connectivity index (χ2n) is 4.46. The Bertz CT molecular complexity index is 537. The van der Waals surface area contributed by atoms with Crippen molar-refractivity contribution in [2.75, 3.05) is 17.2 Å². The number of carbonyl (C=O) groups is 1. The molecule has 2 aromatic rings. The predicted octanol–water partition coefficient (Wildman–Crippen LogP) is 3.44. The van der Waals surface area contributed by atoms with Crippen molar-refractivity contribution in [1.82, 2.24) is 0 Å². The van der Waals surface area contributed by atoms with Gasteiger partial charge in [0.05, 0.1) is 0 Å². The molecule has 0 spiro atoms. The molecular formula is C16H18N2O. The van der Waals surface area contributed by atoms with Gasteiger partial charge in [0.25, 0.3) is 0 Å². The van der Waals surface area contributed by atoms with Crippen molar-refractivity contribution in [3.05, 3.63) is 60.2 Å². The topological polar surface area (TPSA) is 41.1 Å². The van der Waals surface area contributed by atoms with E-state index in [2.05, 4.69) is 16.7 Å². The summed E-state index contributed by atoms with van der Waals surface area (Å²) in [6.07, 6.45) is 0.447. The first-order chi connectivity index (χ1) is 9.24. The Morgan fingerprint density at radius 1 is 1.00 bits per heavy atom. The Morgan fingerprint density at radius 2 is 1.74 bits per heavy atom. The number of para-hydroxylation sites is 1. The van der Waals surface area contributed by atoms with Crippen LogP contribution in [0.1, 0.15) is 12.0 Å². The van der Waals surface area contributed by atoms with Gasteiger partial charge in [-0.25, -0.2) is 0 Å². The molecule has 2 rings (SSSR count). The molecule has 2 aromatic carbocycles. The van der Waals surface area contributed by atoms with Crippen LogP contribution in [0.3, 0.4) is 0 Å². The molecule has 3 heteroatoms. The molecule has 3 nitrogen and oxygen atoms in total. The monoisotopic (exact) mass is 254 g/mol. The molecule has 0 saturated heterocycles. The number of anilines is 2. The molecule has 0 atom stereocenters. The van der Waals surface area contributed by atoms with Crippen LogP contribution in [0.4, 0.5) is 11.4 Å². The third-order valence-electron chi connectivity index (χ3n) is 2.76. The van der Waals surface area contributed by atoms with Gasteiger partial charge in [-0.1, -0.05) is 30.3 Å². The van der Waals surface area contributed by atoms with Gasteiger partial charge in [-0.3, -0.25) is 4.79 Å². The number of hydrogen-bond donors (Lipinski definition) is 2. The molecule has 1 amide bonds. The average molecular weight is 254 g/mol. The molecule has 0 radical (unpaired) electrons. The Balaban J connectivity index is 1.75. The summed E-state index contributed by atoms with van der Waals surface area (Å²) in [6.45, 7) is 2.68. The standard InChI is InChI=1S/C16H18N2O/c1-13-6-5-9-15(12-13)17-11-10-16(19)18-14-7-3-2-4-8-14/h2-9,12,17H,10-11H2,1H3,(H,18,19). The molecule has 0 unspecified atom stereocenters. The van der Waals surface area contributed by atoms with Gasteiger partial charge in [-0.05, 0) is 36.8 Å². The Hall–Kier alpha value is -2.29. The number of amides is 1. The number of carbonyl (C=O) groups excluding carboxylic acids is 1. The van der Waals surface area contributed by atoms with Crippen LogP contribution >= 0.6 is 0 Å². The SMILES string of the molecule is Cc1cccc(NCCC(=O)Nc2ccccc2)c1. The summed E-state index contributed by atoms with van der Waals surface area (Å²) in [5.41, 5.74) is 3.09. The summed E-state index contributed by atoms with van der Waals surface area (Å²) in [5, 5.41) is 6.10. The minimum Gasteiger partial charge on any atom is -0.385 e. The molecule has 0 fully saturated rings. The van der Waals surface area contributed by atoms with Gasteiger partial charge in [0.15, 0.2) is 0 Å². The van der Waals surface area contributed by atoms with Crippen molar-refractivity contribution in [2.45, 2.75) is 13.3 Å². The molecule has 0 aromatic heterocycles. The lowest BCUT2D eigenvalue weighted by Gasteiger charge is -2.08. The molecular weight excluding hydrogens is 236 g/mol. The highest BCUT2D eigenvalue weighted by Gasteiger charge is 2.01. The largest absolute Gasteiger partial charge is 0.385 e. The van der Waals surface area contributed by atoms with E-state index in [-0.39, 0.29) is 5.91 Å². The number of rotatable bonds is 5. The fourth-order valence-electron chi connectivity index (χ4n) is 1.82. The van der Waals surface area contributed by atoms with E-state index in [1.807, 2.05) is 55.5 Å². The first-order valence-corrected chi connectivity index (χ1v) is 6.39. The molecule has 0 aliphatic rings. The van der Waals surface area contributed by atoms with Crippen molar-refractivity contribution in [2.24, 2.45) is 0 Å². The van der Waals surface area contributed by atoms with E-state index in [0.29, 0.717) is 13.0 Å². The van der Waals surface area contributed by atoms with E-state index in [1.54, 1.807) is 0 Å². The highest BCUT2D eigenvalue weighted by atomic mass is 16.1. The van der Waals surface area contributed by atoms with E-state index < -0.39 is 0 Å². The quantitative estimate of drug-likeness (QED) is 0.858. The third kappa shape index (κ3) is 4.47. The number of benzene rings is 2. The minimum atomic E-state index is 0.0198. The highest BCUT2D eigenvalue weighted by Crippen LogP contribution is 2.09. The fraction of sp³-hybridized carbons (Fsp3) is 0.188. The Morgan fingerprint density at radius 3 is 2.47 bits per heavy atom. The zero-order valence-electron chi connectivity index (χ0n) is 11.0. The summed E-state index contributed by atoms with van der Waals surface area (Å²) in [7, 11) is 0. The maximum absolute atomic E-state index is 11.7. The van der Waals surface area contributed by atoms with Gasteiger partial charge in [0.2, 0.25) is 5.91 Å². The highest BCUT2D eigenvalue weighted by molar-refractivity contribution is 5.90. The number of nitrogens with one attached hydrogen (secondary N) is 2. The van der Waals surface area contributed by atoms with Crippen molar-refractivity contribution in [3.63, 3.8) is 0 Å². The Labute approximate surface area is 113 Å². The summed E-state index contributed by atoms with van der Waals surface area (Å²) in [4.78, 5) is 11.7. The minimum absolute atomic E-state index is 0.0198. The van der Waals surface area contributed by atoms with Gasteiger partial charge in [-0.15, -0.1) is 0 Å². The second-order valence-corrected chi connectivity index (χ2v) is 4.46. The lowest BCUT2D eigenvalue weighted by Crippen LogP contribution is -2.16. The summed E-state index contributed by atoms with van der Waals surface area (Å²) in [5.74, 6) is 0.0198. The van der Waals surface area contributed by atoms with Crippen LogP contribution in [-0.4, -0.2) is 12.5 Å². The van der Waals surface area contributed by atoms with Crippen molar-refractivity contribution in [1.29, 1.82) is 0 Å². The normalized spacial score (nSPS) is 9.95. The van der Waals surface area contributed by atoms with E-state index >= 15 is 0 Å². The zero-order chi connectivity index (χ0) is 13.5. The lowest BCUT2D eigenvalue weighted by atomic mass is 10.2. The molecule has 2 N–H and O–H groups in total. The summed E-state index contributed by atoms with van der Waals surface area (Å²) >= 11 is 0. The molecule has 0 heterocycles. The lowest BCUT2D eigenvalue weighted by molar-refractivity contribution is -0.115. The van der Waals surface area contributed by atoms with E-state index in [4.69, 9.17) is 0 Å². The third-order valence-corrected chi connectivity index (χ3v) is 2.76. The van der Waals surface area contributed by atoms with E-state index in [9.17, 15) is 4.79 Å². The van der Waals surface area contributed by atoms with Gasteiger partial charge in [-0.2, -0.15) is 0 Å². The molecule has 0 bridgehead atoms. The molecule has 0 aliphatic heterocycles. The Kier molecular flexibility index (Phi) is 4.56. The molecule has 98 valence electrons. The van der Waals surface area contributed by atoms with Crippen LogP contribution in [0.5, 0.6) is 0 Å². The number of aryl methyl sites for hydroxylation is 1. The maximum atomic E-state index is 11.7. The van der Waals surface area contributed by atoms with Crippen LogP contribution in [0.25, 0.3) is 0 Å². The van der Waals surface area contributed by atoms with Crippen LogP contribution < -0.4 is 10.6 Å². The van der Waals surface area contributed by atoms with Crippen molar-refractivity contribution in [3.8, 4) is 0 Å². The van der Waals surface area contributed by atoms with Crippen LogP contribution in [0.15, 0.2) is 54.6 Å². The van der Waals surface area contributed by atoms with Crippen LogP contribution in [0, 0.1) is 6.92 Å². The first-order valence-electron chi connectivity index (χ1n) is 6.39. The van der Waals surface area contributed by atoms with Gasteiger partial charge in [0, 0.05) is 24.3 Å². The van der Waals surface area contributed by atoms with Crippen molar-refractivity contribution >= 4 is 17.3 Å². The van der Waals surface area contributed by atoms with E-state index in [1.165, 1.54) is 5.56 Å². The molecule has 0 aliphatic carbocycles. The predicted molar refractivity (Wildman–Crippen MR) is 79.4 cm³/mol. The van der Waals surface area contributed by atoms with Crippen LogP contribution in [0.2, 0.25) is 0 Å². The summed E-state index contributed by atoms with van der Waals surface area (Å²) < 4.78 is 0. The first kappa shape index (κ1) is 13.1. The zero-order valence-corrected chi connectivity index (χ0v) is 11.0. The smallest absolute Gasteiger partial charge is 0.226 e. The molecule has 19 heavy (non-hydrogen) atoms. The summed E-state index contributed by atoms with van der Waals surface area (Å²) in [6, 6.07) is 17.6. The van der Waals surface area contributed by atoms with Gasteiger partial charge >= 0.3 is 0 Å². The van der Waals surface area contributed by atoms with Crippen molar-refractivity contribution < 1.29 is 4.79 Å².